The second kappa shape index (κ2) is 8.61. The fourth-order valence-corrected chi connectivity index (χ4v) is 7.60. The van der Waals surface area contributed by atoms with Crippen LogP contribution >= 0.6 is 0 Å². The van der Waals surface area contributed by atoms with Crippen molar-refractivity contribution in [3.8, 4) is 0 Å². The molecule has 5 fully saturated rings. The predicted octanol–water partition coefficient (Wildman–Crippen LogP) is 4.12. The first-order valence-electron chi connectivity index (χ1n) is 12.9. The van der Waals surface area contributed by atoms with Crippen molar-refractivity contribution in [2.75, 3.05) is 10.2 Å². The fourth-order valence-electron chi connectivity index (χ4n) is 7.60. The number of anilines is 2. The minimum Gasteiger partial charge on any atom is -0.467 e. The molecule has 1 unspecified atom stereocenters. The van der Waals surface area contributed by atoms with Crippen LogP contribution in [0.2, 0.25) is 0 Å². The van der Waals surface area contributed by atoms with E-state index in [1.54, 1.807) is 47.6 Å². The van der Waals surface area contributed by atoms with Crippen LogP contribution in [-0.4, -0.2) is 34.6 Å². The minimum atomic E-state index is -0.863. The number of hydrogen-bond acceptors (Lipinski definition) is 5. The van der Waals surface area contributed by atoms with Crippen LogP contribution in [0.1, 0.15) is 57.6 Å². The predicted molar refractivity (Wildman–Crippen MR) is 132 cm³/mol. The second-order valence-electron chi connectivity index (χ2n) is 11.2. The summed E-state index contributed by atoms with van der Waals surface area (Å²) < 4.78 is 5.57. The third-order valence-electron chi connectivity index (χ3n) is 8.60. The van der Waals surface area contributed by atoms with Gasteiger partial charge in [-0.2, -0.15) is 0 Å². The van der Waals surface area contributed by atoms with E-state index in [0.29, 0.717) is 34.9 Å². The molecule has 4 amide bonds. The Bertz CT molecular complexity index is 1170. The Balaban J connectivity index is 1.29. The number of rotatable bonds is 6. The van der Waals surface area contributed by atoms with Crippen molar-refractivity contribution in [3.05, 3.63) is 48.4 Å². The largest absolute Gasteiger partial charge is 0.467 e. The van der Waals surface area contributed by atoms with Crippen LogP contribution < -0.4 is 10.2 Å². The van der Waals surface area contributed by atoms with Crippen LogP contribution in [0, 0.1) is 23.2 Å². The van der Waals surface area contributed by atoms with E-state index in [2.05, 4.69) is 5.32 Å². The molecule has 4 bridgehead atoms. The first-order valence-corrected chi connectivity index (χ1v) is 12.9. The topological polar surface area (TPSA) is 99.9 Å². The highest BCUT2D eigenvalue weighted by Crippen LogP contribution is 2.60. The SMILES string of the molecule is CC(=O)Nc1ccc(N2C(=O)CC(N(Cc3ccco3)C(=O)C34CC5CC(CC(C5)C3)C4)C2=O)cc1. The molecule has 1 aromatic carbocycles. The highest BCUT2D eigenvalue weighted by atomic mass is 16.3. The lowest BCUT2D eigenvalue weighted by atomic mass is 9.49. The molecule has 1 aliphatic heterocycles. The lowest BCUT2D eigenvalue weighted by molar-refractivity contribution is -0.162. The summed E-state index contributed by atoms with van der Waals surface area (Å²) in [5.41, 5.74) is 0.582. The number of nitrogens with zero attached hydrogens (tertiary/aromatic N) is 2. The Kier molecular flexibility index (Phi) is 5.50. The summed E-state index contributed by atoms with van der Waals surface area (Å²) in [4.78, 5) is 55.2. The molecule has 1 atom stereocenters. The smallest absolute Gasteiger partial charge is 0.257 e. The van der Waals surface area contributed by atoms with Gasteiger partial charge in [0.25, 0.3) is 5.91 Å². The van der Waals surface area contributed by atoms with Gasteiger partial charge in [-0.25, -0.2) is 4.90 Å². The van der Waals surface area contributed by atoms with Crippen molar-refractivity contribution >= 4 is 35.0 Å². The highest BCUT2D eigenvalue weighted by Gasteiger charge is 2.57. The van der Waals surface area contributed by atoms with Crippen LogP contribution in [0.3, 0.4) is 0 Å². The summed E-state index contributed by atoms with van der Waals surface area (Å²) in [6.07, 6.45) is 7.81. The number of carbonyl (C=O) groups is 4. The Hall–Kier alpha value is -3.42. The number of hydrogen-bond donors (Lipinski definition) is 1. The van der Waals surface area contributed by atoms with Gasteiger partial charge in [0.05, 0.1) is 30.3 Å². The molecule has 2 heterocycles. The molecule has 188 valence electrons. The molecule has 7 rings (SSSR count). The lowest BCUT2D eigenvalue weighted by Gasteiger charge is -2.56. The second-order valence-corrected chi connectivity index (χ2v) is 11.2. The lowest BCUT2D eigenvalue weighted by Crippen LogP contribution is -2.57. The van der Waals surface area contributed by atoms with Crippen molar-refractivity contribution in [1.29, 1.82) is 0 Å². The molecule has 36 heavy (non-hydrogen) atoms. The summed E-state index contributed by atoms with van der Waals surface area (Å²) in [6, 6.07) is 9.31. The monoisotopic (exact) mass is 489 g/mol. The summed E-state index contributed by atoms with van der Waals surface area (Å²) >= 11 is 0. The molecule has 2 aromatic rings. The standard InChI is InChI=1S/C28H31N3O5/c1-17(32)29-21-4-6-22(7-5-21)31-25(33)12-24(26(31)34)30(16-23-3-2-8-36-23)27(35)28-13-18-9-19(14-28)11-20(10-18)15-28/h2-8,18-20,24H,9-16H2,1H3,(H,29,32). The van der Waals surface area contributed by atoms with E-state index in [9.17, 15) is 19.2 Å². The molecule has 5 aliphatic rings. The zero-order valence-electron chi connectivity index (χ0n) is 20.4. The molecular weight excluding hydrogens is 458 g/mol. The van der Waals surface area contributed by atoms with E-state index in [-0.39, 0.29) is 30.7 Å². The van der Waals surface area contributed by atoms with E-state index >= 15 is 0 Å². The quantitative estimate of drug-likeness (QED) is 0.616. The molecule has 8 heteroatoms. The summed E-state index contributed by atoms with van der Waals surface area (Å²) in [5.74, 6) is 1.45. The van der Waals surface area contributed by atoms with Gasteiger partial charge in [0, 0.05) is 12.6 Å². The summed E-state index contributed by atoms with van der Waals surface area (Å²) in [7, 11) is 0. The molecule has 1 saturated heterocycles. The molecule has 0 spiro atoms. The van der Waals surface area contributed by atoms with E-state index in [1.807, 2.05) is 0 Å². The van der Waals surface area contributed by atoms with Gasteiger partial charge in [-0.15, -0.1) is 0 Å². The van der Waals surface area contributed by atoms with Crippen molar-refractivity contribution in [3.63, 3.8) is 0 Å². The zero-order chi connectivity index (χ0) is 25.0. The van der Waals surface area contributed by atoms with Gasteiger partial charge in [0.2, 0.25) is 17.7 Å². The normalized spacial score (nSPS) is 30.6. The maximum Gasteiger partial charge on any atom is 0.257 e. The Morgan fingerprint density at radius 2 is 1.67 bits per heavy atom. The number of nitrogens with one attached hydrogen (secondary N) is 1. The van der Waals surface area contributed by atoms with Crippen LogP contribution in [-0.2, 0) is 25.7 Å². The summed E-state index contributed by atoms with van der Waals surface area (Å²) in [6.45, 7) is 1.59. The average Bonchev–Trinajstić information content (AvgIpc) is 3.44. The van der Waals surface area contributed by atoms with Crippen molar-refractivity contribution < 1.29 is 23.6 Å². The van der Waals surface area contributed by atoms with Crippen LogP contribution in [0.25, 0.3) is 0 Å². The van der Waals surface area contributed by atoms with Crippen molar-refractivity contribution in [2.24, 2.45) is 23.2 Å². The van der Waals surface area contributed by atoms with E-state index < -0.39 is 17.4 Å². The highest BCUT2D eigenvalue weighted by molar-refractivity contribution is 6.23. The zero-order valence-corrected chi connectivity index (χ0v) is 20.4. The van der Waals surface area contributed by atoms with Crippen LogP contribution in [0.15, 0.2) is 47.1 Å². The third-order valence-corrected chi connectivity index (χ3v) is 8.60. The first-order chi connectivity index (χ1) is 17.3. The van der Waals surface area contributed by atoms with Gasteiger partial charge in [-0.1, -0.05) is 0 Å². The molecule has 1 N–H and O–H groups in total. The average molecular weight is 490 g/mol. The fraction of sp³-hybridized carbons (Fsp3) is 0.500. The van der Waals surface area contributed by atoms with Crippen molar-refractivity contribution in [2.45, 2.75) is 64.5 Å². The Morgan fingerprint density at radius 3 is 2.22 bits per heavy atom. The number of imide groups is 1. The molecule has 4 saturated carbocycles. The molecule has 1 aromatic heterocycles. The van der Waals surface area contributed by atoms with Crippen LogP contribution in [0.5, 0.6) is 0 Å². The van der Waals surface area contributed by atoms with E-state index in [4.69, 9.17) is 4.42 Å². The van der Waals surface area contributed by atoms with Gasteiger partial charge >= 0.3 is 0 Å². The van der Waals surface area contributed by atoms with Gasteiger partial charge < -0.3 is 14.6 Å². The molecule has 8 nitrogen and oxygen atoms in total. The van der Waals surface area contributed by atoms with Gasteiger partial charge in [-0.3, -0.25) is 19.2 Å². The number of amides is 4. The first kappa shape index (κ1) is 23.0. The third kappa shape index (κ3) is 3.92. The van der Waals surface area contributed by atoms with Gasteiger partial charge in [-0.05, 0) is 92.7 Å². The number of furan rings is 1. The van der Waals surface area contributed by atoms with Gasteiger partial charge in [0.15, 0.2) is 0 Å². The molecular formula is C28H31N3O5. The minimum absolute atomic E-state index is 0.00649. The van der Waals surface area contributed by atoms with Crippen molar-refractivity contribution in [1.82, 2.24) is 4.90 Å². The van der Waals surface area contributed by atoms with Gasteiger partial charge in [0.1, 0.15) is 11.8 Å². The number of benzene rings is 1. The van der Waals surface area contributed by atoms with E-state index in [0.717, 1.165) is 19.3 Å². The Morgan fingerprint density at radius 1 is 1.03 bits per heavy atom. The summed E-state index contributed by atoms with van der Waals surface area (Å²) in [5, 5.41) is 2.68. The maximum atomic E-state index is 14.3. The number of carbonyl (C=O) groups excluding carboxylic acids is 4. The molecule has 4 aliphatic carbocycles. The van der Waals surface area contributed by atoms with Crippen LogP contribution in [0.4, 0.5) is 11.4 Å². The molecule has 0 radical (unpaired) electrons. The van der Waals surface area contributed by atoms with E-state index in [1.165, 1.54) is 31.1 Å². The Labute approximate surface area is 210 Å². The maximum absolute atomic E-state index is 14.3.